The first-order chi connectivity index (χ1) is 14.4. The Hall–Kier alpha value is -3.09. The van der Waals surface area contributed by atoms with Crippen molar-refractivity contribution in [2.75, 3.05) is 20.8 Å². The highest BCUT2D eigenvalue weighted by Gasteiger charge is 2.46. The van der Waals surface area contributed by atoms with Crippen LogP contribution in [0.1, 0.15) is 30.9 Å². The molecule has 30 heavy (non-hydrogen) atoms. The zero-order valence-corrected chi connectivity index (χ0v) is 17.5. The predicted octanol–water partition coefficient (Wildman–Crippen LogP) is 3.08. The molecule has 3 rings (SSSR count). The van der Waals surface area contributed by atoms with Crippen molar-refractivity contribution in [2.45, 2.75) is 38.3 Å². The Morgan fingerprint density at radius 3 is 2.43 bits per heavy atom. The quantitative estimate of drug-likeness (QED) is 0.721. The molecule has 7 heteroatoms. The van der Waals surface area contributed by atoms with Crippen LogP contribution >= 0.6 is 0 Å². The van der Waals surface area contributed by atoms with E-state index in [4.69, 9.17) is 9.47 Å². The second kappa shape index (κ2) is 9.15. The van der Waals surface area contributed by atoms with E-state index in [2.05, 4.69) is 5.32 Å². The van der Waals surface area contributed by atoms with E-state index in [1.807, 2.05) is 18.2 Å². The number of amides is 2. The topological polar surface area (TPSA) is 67.9 Å². The molecule has 0 bridgehead atoms. The standard InChI is InChI=1S/C23H27FN2O4/c1-23(12-10-21(27)26(23)15-17-4-7-18(24)8-5-17)22(28)25-13-11-16-6-9-19(29-2)20(14-16)30-3/h4-9,14H,10-13,15H2,1-3H3,(H,25,28). The van der Waals surface area contributed by atoms with Gasteiger partial charge in [0.1, 0.15) is 11.4 Å². The maximum atomic E-state index is 13.2. The summed E-state index contributed by atoms with van der Waals surface area (Å²) in [4.78, 5) is 27.0. The molecule has 1 heterocycles. The van der Waals surface area contributed by atoms with Gasteiger partial charge in [-0.15, -0.1) is 0 Å². The molecule has 2 aromatic rings. The van der Waals surface area contributed by atoms with Crippen LogP contribution in [0.25, 0.3) is 0 Å². The van der Waals surface area contributed by atoms with Gasteiger partial charge in [0.15, 0.2) is 11.5 Å². The van der Waals surface area contributed by atoms with Gasteiger partial charge >= 0.3 is 0 Å². The van der Waals surface area contributed by atoms with E-state index in [0.717, 1.165) is 11.1 Å². The highest BCUT2D eigenvalue weighted by Crippen LogP contribution is 2.32. The van der Waals surface area contributed by atoms with Crippen molar-refractivity contribution >= 4 is 11.8 Å². The number of halogens is 1. The lowest BCUT2D eigenvalue weighted by Crippen LogP contribution is -2.54. The first-order valence-electron chi connectivity index (χ1n) is 9.91. The van der Waals surface area contributed by atoms with Gasteiger partial charge in [0.25, 0.3) is 0 Å². The minimum absolute atomic E-state index is 0.0723. The summed E-state index contributed by atoms with van der Waals surface area (Å²) in [5.41, 5.74) is 0.864. The zero-order chi connectivity index (χ0) is 21.7. The predicted molar refractivity (Wildman–Crippen MR) is 111 cm³/mol. The number of rotatable bonds is 8. The van der Waals surface area contributed by atoms with E-state index < -0.39 is 5.54 Å². The summed E-state index contributed by atoms with van der Waals surface area (Å²) in [7, 11) is 3.16. The van der Waals surface area contributed by atoms with Gasteiger partial charge in [-0.1, -0.05) is 18.2 Å². The largest absolute Gasteiger partial charge is 0.493 e. The second-order valence-electron chi connectivity index (χ2n) is 7.58. The summed E-state index contributed by atoms with van der Waals surface area (Å²) in [5.74, 6) is 0.703. The molecule has 1 fully saturated rings. The molecule has 1 unspecified atom stereocenters. The normalized spacial score (nSPS) is 18.4. The van der Waals surface area contributed by atoms with E-state index in [1.165, 1.54) is 12.1 Å². The number of hydrogen-bond acceptors (Lipinski definition) is 4. The molecular formula is C23H27FN2O4. The van der Waals surface area contributed by atoms with Crippen molar-refractivity contribution in [2.24, 2.45) is 0 Å². The molecule has 1 atom stereocenters. The van der Waals surface area contributed by atoms with Gasteiger partial charge in [-0.25, -0.2) is 4.39 Å². The Morgan fingerprint density at radius 2 is 1.77 bits per heavy atom. The Bertz CT molecular complexity index is 916. The lowest BCUT2D eigenvalue weighted by atomic mass is 9.97. The number of hydrogen-bond donors (Lipinski definition) is 1. The van der Waals surface area contributed by atoms with Crippen LogP contribution in [0, 0.1) is 5.82 Å². The Kier molecular flexibility index (Phi) is 6.59. The van der Waals surface area contributed by atoms with E-state index in [9.17, 15) is 14.0 Å². The number of carbonyl (C=O) groups is 2. The number of carbonyl (C=O) groups excluding carboxylic acids is 2. The van der Waals surface area contributed by atoms with Crippen molar-refractivity contribution in [3.8, 4) is 11.5 Å². The summed E-state index contributed by atoms with van der Waals surface area (Å²) >= 11 is 0. The summed E-state index contributed by atoms with van der Waals surface area (Å²) in [6, 6.07) is 11.6. The molecule has 0 aliphatic carbocycles. The van der Waals surface area contributed by atoms with Crippen molar-refractivity contribution in [3.63, 3.8) is 0 Å². The molecule has 160 valence electrons. The number of methoxy groups -OCH3 is 2. The highest BCUT2D eigenvalue weighted by atomic mass is 19.1. The van der Waals surface area contributed by atoms with Crippen LogP contribution in [0.5, 0.6) is 11.5 Å². The molecule has 1 N–H and O–H groups in total. The number of likely N-dealkylation sites (tertiary alicyclic amines) is 1. The lowest BCUT2D eigenvalue weighted by molar-refractivity contribution is -0.141. The summed E-state index contributed by atoms with van der Waals surface area (Å²) < 4.78 is 23.7. The maximum absolute atomic E-state index is 13.2. The number of benzene rings is 2. The van der Waals surface area contributed by atoms with Gasteiger partial charge < -0.3 is 19.7 Å². The van der Waals surface area contributed by atoms with Crippen molar-refractivity contribution < 1.29 is 23.5 Å². The molecular weight excluding hydrogens is 387 g/mol. The first kappa shape index (κ1) is 21.6. The van der Waals surface area contributed by atoms with Crippen LogP contribution in [0.3, 0.4) is 0 Å². The van der Waals surface area contributed by atoms with E-state index in [1.54, 1.807) is 38.2 Å². The average Bonchev–Trinajstić information content (AvgIpc) is 3.04. The fraction of sp³-hybridized carbons (Fsp3) is 0.391. The van der Waals surface area contributed by atoms with Gasteiger partial charge in [-0.05, 0) is 55.2 Å². The zero-order valence-electron chi connectivity index (χ0n) is 17.5. The summed E-state index contributed by atoms with van der Waals surface area (Å²) in [5, 5.41) is 2.96. The molecule has 1 aliphatic rings. The van der Waals surface area contributed by atoms with Crippen LogP contribution in [-0.4, -0.2) is 43.0 Å². The van der Waals surface area contributed by atoms with Gasteiger partial charge in [0, 0.05) is 19.5 Å². The third-order valence-corrected chi connectivity index (χ3v) is 5.61. The molecule has 1 saturated heterocycles. The Labute approximate surface area is 176 Å². The van der Waals surface area contributed by atoms with E-state index >= 15 is 0 Å². The maximum Gasteiger partial charge on any atom is 0.245 e. The number of nitrogens with zero attached hydrogens (tertiary/aromatic N) is 1. The molecule has 0 spiro atoms. The Balaban J connectivity index is 1.63. The fourth-order valence-electron chi connectivity index (χ4n) is 3.71. The van der Waals surface area contributed by atoms with E-state index in [0.29, 0.717) is 37.3 Å². The van der Waals surface area contributed by atoms with Crippen LogP contribution in [0.4, 0.5) is 4.39 Å². The average molecular weight is 414 g/mol. The molecule has 0 aromatic heterocycles. The lowest BCUT2D eigenvalue weighted by Gasteiger charge is -2.34. The van der Waals surface area contributed by atoms with Gasteiger partial charge in [0.05, 0.1) is 14.2 Å². The van der Waals surface area contributed by atoms with Gasteiger partial charge in [-0.2, -0.15) is 0 Å². The molecule has 2 amide bonds. The minimum atomic E-state index is -0.928. The number of nitrogens with one attached hydrogen (secondary N) is 1. The van der Waals surface area contributed by atoms with Crippen molar-refractivity contribution in [1.29, 1.82) is 0 Å². The molecule has 6 nitrogen and oxygen atoms in total. The monoisotopic (exact) mass is 414 g/mol. The third-order valence-electron chi connectivity index (χ3n) is 5.61. The summed E-state index contributed by atoms with van der Waals surface area (Å²) in [6.45, 7) is 2.49. The van der Waals surface area contributed by atoms with Gasteiger partial charge in [-0.3, -0.25) is 9.59 Å². The van der Waals surface area contributed by atoms with Crippen molar-refractivity contribution in [1.82, 2.24) is 10.2 Å². The van der Waals surface area contributed by atoms with Gasteiger partial charge in [0.2, 0.25) is 11.8 Å². The minimum Gasteiger partial charge on any atom is -0.493 e. The Morgan fingerprint density at radius 1 is 1.10 bits per heavy atom. The van der Waals surface area contributed by atoms with Crippen LogP contribution < -0.4 is 14.8 Å². The fourth-order valence-corrected chi connectivity index (χ4v) is 3.71. The van der Waals surface area contributed by atoms with Crippen LogP contribution in [-0.2, 0) is 22.6 Å². The first-order valence-corrected chi connectivity index (χ1v) is 9.91. The van der Waals surface area contributed by atoms with Crippen LogP contribution in [0.2, 0.25) is 0 Å². The van der Waals surface area contributed by atoms with E-state index in [-0.39, 0.29) is 24.2 Å². The third kappa shape index (κ3) is 4.56. The molecule has 2 aromatic carbocycles. The summed E-state index contributed by atoms with van der Waals surface area (Å²) in [6.07, 6.45) is 1.39. The molecule has 1 aliphatic heterocycles. The smallest absolute Gasteiger partial charge is 0.245 e. The van der Waals surface area contributed by atoms with Crippen LogP contribution in [0.15, 0.2) is 42.5 Å². The number of ether oxygens (including phenoxy) is 2. The molecule has 0 saturated carbocycles. The highest BCUT2D eigenvalue weighted by molar-refractivity contribution is 5.94. The second-order valence-corrected chi connectivity index (χ2v) is 7.58. The molecule has 0 radical (unpaired) electrons. The SMILES string of the molecule is COc1ccc(CCNC(=O)C2(C)CCC(=O)N2Cc2ccc(F)cc2)cc1OC. The van der Waals surface area contributed by atoms with Crippen molar-refractivity contribution in [3.05, 3.63) is 59.4 Å².